The Kier molecular flexibility index (Phi) is 2.66. The van der Waals surface area contributed by atoms with Crippen molar-refractivity contribution in [2.75, 3.05) is 14.2 Å². The largest absolute Gasteiger partial charge is 0.477 e. The van der Waals surface area contributed by atoms with Gasteiger partial charge in [-0.3, -0.25) is 0 Å². The Bertz CT molecular complexity index is 181. The van der Waals surface area contributed by atoms with Crippen molar-refractivity contribution in [3.05, 3.63) is 0 Å². The van der Waals surface area contributed by atoms with E-state index in [1.54, 1.807) is 0 Å². The van der Waals surface area contributed by atoms with Gasteiger partial charge in [-0.1, -0.05) is 0 Å². The molecule has 1 fully saturated rings. The molecule has 2 unspecified atom stereocenters. The van der Waals surface area contributed by atoms with E-state index < -0.39 is 18.0 Å². The third-order valence-electron chi connectivity index (χ3n) is 1.95. The predicted molar refractivity (Wildman–Crippen MR) is 38.5 cm³/mol. The molecule has 1 saturated heterocycles. The Morgan fingerprint density at radius 1 is 1.67 bits per heavy atom. The van der Waals surface area contributed by atoms with Gasteiger partial charge in [0.1, 0.15) is 0 Å². The molecule has 1 heterocycles. The lowest BCUT2D eigenvalue weighted by atomic mass is 10.2. The highest BCUT2D eigenvalue weighted by Crippen LogP contribution is 2.31. The van der Waals surface area contributed by atoms with E-state index in [0.717, 1.165) is 0 Å². The second-order valence-corrected chi connectivity index (χ2v) is 2.58. The van der Waals surface area contributed by atoms with Crippen LogP contribution in [0, 0.1) is 0 Å². The van der Waals surface area contributed by atoms with Crippen molar-refractivity contribution in [3.8, 4) is 0 Å². The van der Waals surface area contributed by atoms with Gasteiger partial charge in [0.15, 0.2) is 6.29 Å². The van der Waals surface area contributed by atoms with E-state index in [1.165, 1.54) is 14.2 Å². The molecule has 70 valence electrons. The summed E-state index contributed by atoms with van der Waals surface area (Å²) >= 11 is 0. The van der Waals surface area contributed by atoms with E-state index in [4.69, 9.17) is 19.3 Å². The van der Waals surface area contributed by atoms with Crippen LogP contribution in [0.1, 0.15) is 12.8 Å². The molecule has 0 radical (unpaired) electrons. The molecular formula is C7H12O5. The quantitative estimate of drug-likeness (QED) is 0.665. The highest BCUT2D eigenvalue weighted by Gasteiger charge is 2.47. The highest BCUT2D eigenvalue weighted by atomic mass is 16.8. The predicted octanol–water partition coefficient (Wildman–Crippen LogP) is 0.197. The Morgan fingerprint density at radius 3 is 2.58 bits per heavy atom. The molecule has 0 saturated carbocycles. The molecule has 5 nitrogen and oxygen atoms in total. The number of carbonyl (C=O) groups is 1. The minimum absolute atomic E-state index is 0.317. The van der Waals surface area contributed by atoms with Gasteiger partial charge in [-0.25, -0.2) is 4.79 Å². The smallest absolute Gasteiger partial charge is 0.364 e. The number of hydrogen-bond acceptors (Lipinski definition) is 4. The van der Waals surface area contributed by atoms with E-state index in [2.05, 4.69) is 0 Å². The molecule has 0 aromatic rings. The van der Waals surface area contributed by atoms with Gasteiger partial charge < -0.3 is 19.3 Å². The molecule has 5 heteroatoms. The summed E-state index contributed by atoms with van der Waals surface area (Å²) in [5.74, 6) is -2.61. The van der Waals surface area contributed by atoms with Crippen molar-refractivity contribution >= 4 is 5.97 Å². The van der Waals surface area contributed by atoms with Crippen LogP contribution in [-0.4, -0.2) is 37.4 Å². The lowest BCUT2D eigenvalue weighted by molar-refractivity contribution is -0.257. The van der Waals surface area contributed by atoms with Crippen LogP contribution in [0.5, 0.6) is 0 Å². The maximum Gasteiger partial charge on any atom is 0.364 e. The van der Waals surface area contributed by atoms with Crippen LogP contribution in [-0.2, 0) is 19.0 Å². The minimum Gasteiger partial charge on any atom is -0.477 e. The first-order valence-corrected chi connectivity index (χ1v) is 3.64. The second kappa shape index (κ2) is 3.38. The normalized spacial score (nSPS) is 35.3. The van der Waals surface area contributed by atoms with Crippen molar-refractivity contribution in [1.82, 2.24) is 0 Å². The third kappa shape index (κ3) is 1.43. The zero-order valence-corrected chi connectivity index (χ0v) is 7.07. The fourth-order valence-corrected chi connectivity index (χ4v) is 1.20. The summed E-state index contributed by atoms with van der Waals surface area (Å²) in [6.07, 6.45) is 0.384. The summed E-state index contributed by atoms with van der Waals surface area (Å²) in [5, 5.41) is 8.77. The first kappa shape index (κ1) is 9.44. The lowest BCUT2D eigenvalue weighted by Gasteiger charge is -2.21. The topological polar surface area (TPSA) is 65.0 Å². The lowest BCUT2D eigenvalue weighted by Crippen LogP contribution is -2.40. The summed E-state index contributed by atoms with van der Waals surface area (Å²) < 4.78 is 14.7. The molecule has 0 aromatic carbocycles. The summed E-state index contributed by atoms with van der Waals surface area (Å²) in [4.78, 5) is 10.7. The SMILES string of the molecule is COC1CCC(OC)(C(=O)O)O1. The van der Waals surface area contributed by atoms with Crippen molar-refractivity contribution in [2.45, 2.75) is 24.9 Å². The molecule has 2 atom stereocenters. The van der Waals surface area contributed by atoms with E-state index in [9.17, 15) is 4.79 Å². The molecule has 0 spiro atoms. The average molecular weight is 176 g/mol. The Hall–Kier alpha value is -0.650. The molecule has 0 aliphatic carbocycles. The number of ether oxygens (including phenoxy) is 3. The number of methoxy groups -OCH3 is 2. The van der Waals surface area contributed by atoms with Crippen molar-refractivity contribution in [2.24, 2.45) is 0 Å². The average Bonchev–Trinajstić information content (AvgIpc) is 2.48. The molecule has 0 amide bonds. The van der Waals surface area contributed by atoms with E-state index in [-0.39, 0.29) is 0 Å². The van der Waals surface area contributed by atoms with Gasteiger partial charge in [0.05, 0.1) is 0 Å². The molecule has 0 bridgehead atoms. The van der Waals surface area contributed by atoms with Crippen LogP contribution in [0.3, 0.4) is 0 Å². The summed E-state index contributed by atoms with van der Waals surface area (Å²) in [6, 6.07) is 0. The van der Waals surface area contributed by atoms with Crippen molar-refractivity contribution in [3.63, 3.8) is 0 Å². The number of rotatable bonds is 3. The summed E-state index contributed by atoms with van der Waals surface area (Å²) in [5.41, 5.74) is 0. The maximum atomic E-state index is 10.7. The van der Waals surface area contributed by atoms with E-state index in [1.807, 2.05) is 0 Å². The standard InChI is InChI=1S/C7H12O5/c1-10-5-3-4-7(11-2,12-5)6(8)9/h5H,3-4H2,1-2H3,(H,8,9). The molecule has 1 aliphatic heterocycles. The fraction of sp³-hybridized carbons (Fsp3) is 0.857. The monoisotopic (exact) mass is 176 g/mol. The second-order valence-electron chi connectivity index (χ2n) is 2.58. The molecular weight excluding hydrogens is 164 g/mol. The van der Waals surface area contributed by atoms with Crippen LogP contribution in [0.4, 0.5) is 0 Å². The molecule has 1 aliphatic rings. The van der Waals surface area contributed by atoms with Crippen LogP contribution in [0.15, 0.2) is 0 Å². The minimum atomic E-state index is -1.50. The maximum absolute atomic E-state index is 10.7. The first-order chi connectivity index (χ1) is 5.64. The molecule has 1 N–H and O–H groups in total. The van der Waals surface area contributed by atoms with Gasteiger partial charge in [-0.15, -0.1) is 0 Å². The van der Waals surface area contributed by atoms with Crippen molar-refractivity contribution < 1.29 is 24.1 Å². The number of aliphatic carboxylic acids is 1. The van der Waals surface area contributed by atoms with Gasteiger partial charge in [-0.05, 0) is 0 Å². The fourth-order valence-electron chi connectivity index (χ4n) is 1.20. The van der Waals surface area contributed by atoms with E-state index in [0.29, 0.717) is 12.8 Å². The summed E-state index contributed by atoms with van der Waals surface area (Å²) in [7, 11) is 2.78. The zero-order valence-electron chi connectivity index (χ0n) is 7.07. The van der Waals surface area contributed by atoms with Crippen molar-refractivity contribution in [1.29, 1.82) is 0 Å². The molecule has 0 aromatic heterocycles. The zero-order chi connectivity index (χ0) is 9.19. The Labute approximate surface area is 70.2 Å². The molecule has 1 rings (SSSR count). The number of hydrogen-bond donors (Lipinski definition) is 1. The summed E-state index contributed by atoms with van der Waals surface area (Å²) in [6.45, 7) is 0. The van der Waals surface area contributed by atoms with Gasteiger partial charge in [0, 0.05) is 27.1 Å². The van der Waals surface area contributed by atoms with Crippen LogP contribution in [0.2, 0.25) is 0 Å². The van der Waals surface area contributed by atoms with Crippen LogP contribution in [0.25, 0.3) is 0 Å². The highest BCUT2D eigenvalue weighted by molar-refractivity contribution is 5.75. The number of carboxylic acid groups (broad SMARTS) is 1. The van der Waals surface area contributed by atoms with Gasteiger partial charge in [0.25, 0.3) is 5.79 Å². The number of carboxylic acids is 1. The van der Waals surface area contributed by atoms with Gasteiger partial charge in [0.2, 0.25) is 0 Å². The third-order valence-corrected chi connectivity index (χ3v) is 1.95. The molecule has 12 heavy (non-hydrogen) atoms. The van der Waals surface area contributed by atoms with E-state index >= 15 is 0 Å². The van der Waals surface area contributed by atoms with Crippen LogP contribution >= 0.6 is 0 Å². The Balaban J connectivity index is 2.66. The Morgan fingerprint density at radius 2 is 2.33 bits per heavy atom. The van der Waals surface area contributed by atoms with Crippen LogP contribution < -0.4 is 0 Å². The van der Waals surface area contributed by atoms with Gasteiger partial charge in [-0.2, -0.15) is 0 Å². The first-order valence-electron chi connectivity index (χ1n) is 3.64. The van der Waals surface area contributed by atoms with Gasteiger partial charge >= 0.3 is 5.97 Å².